The lowest BCUT2D eigenvalue weighted by atomic mass is 10.2. The third-order valence-corrected chi connectivity index (χ3v) is 1.10. The van der Waals surface area contributed by atoms with Crippen LogP contribution in [0.1, 0.15) is 6.92 Å². The minimum atomic E-state index is -1.09. The van der Waals surface area contributed by atoms with E-state index in [1.54, 1.807) is 0 Å². The molecule has 0 spiro atoms. The van der Waals surface area contributed by atoms with Crippen molar-refractivity contribution in [3.63, 3.8) is 0 Å². The minimum Gasteiger partial charge on any atom is -0.247 e. The number of rotatable bonds is 2. The maximum atomic E-state index is 9.73. The van der Waals surface area contributed by atoms with Crippen molar-refractivity contribution in [2.45, 2.75) is 6.92 Å². The Morgan fingerprint density at radius 1 is 1.86 bits per heavy atom. The highest BCUT2D eigenvalue weighted by Gasteiger charge is 2.09. The van der Waals surface area contributed by atoms with Crippen LogP contribution in [-0.2, 0) is 9.90 Å². The summed E-state index contributed by atoms with van der Waals surface area (Å²) in [5.41, 5.74) is 0. The van der Waals surface area contributed by atoms with Gasteiger partial charge in [0.15, 0.2) is 0 Å². The first-order valence-electron chi connectivity index (χ1n) is 1.95. The van der Waals surface area contributed by atoms with Crippen LogP contribution in [0.25, 0.3) is 0 Å². The highest BCUT2D eigenvalue weighted by Crippen LogP contribution is 1.95. The maximum absolute atomic E-state index is 9.73. The molecule has 7 heavy (non-hydrogen) atoms. The highest BCUT2D eigenvalue weighted by atomic mass is 35.5. The van der Waals surface area contributed by atoms with E-state index in [0.717, 1.165) is 0 Å². The Hall–Kier alpha value is -0.240. The van der Waals surface area contributed by atoms with Gasteiger partial charge in [-0.1, -0.05) is 6.92 Å². The number of hydrogen-bond acceptors (Lipinski definition) is 1. The smallest absolute Gasteiger partial charge is 0.247 e. The normalized spacial score (nSPS) is 13.4. The molecular formula is C4H6ClO2. The molecule has 0 aliphatic heterocycles. The molecule has 0 amide bonds. The molecule has 0 aliphatic carbocycles. The molecular weight excluding hydrogens is 115 g/mol. The number of alkyl halides is 1. The van der Waals surface area contributed by atoms with Gasteiger partial charge in [-0.05, 0) is 0 Å². The Balaban J connectivity index is 3.34. The molecule has 1 radical (unpaired) electrons. The van der Waals surface area contributed by atoms with E-state index < -0.39 is 11.9 Å². The van der Waals surface area contributed by atoms with E-state index in [1.807, 2.05) is 0 Å². The Labute approximate surface area is 47.1 Å². The van der Waals surface area contributed by atoms with Gasteiger partial charge in [-0.25, -0.2) is 9.90 Å². The summed E-state index contributed by atoms with van der Waals surface area (Å²) >= 11 is 5.13. The van der Waals surface area contributed by atoms with E-state index in [1.165, 1.54) is 6.92 Å². The Kier molecular flexibility index (Phi) is 2.76. The second kappa shape index (κ2) is 2.86. The van der Waals surface area contributed by atoms with Crippen molar-refractivity contribution < 1.29 is 9.90 Å². The Bertz CT molecular complexity index is 72.1. The summed E-state index contributed by atoms with van der Waals surface area (Å²) in [4.78, 5) is 9.73. The van der Waals surface area contributed by atoms with E-state index in [0.29, 0.717) is 0 Å². The van der Waals surface area contributed by atoms with Gasteiger partial charge in [-0.3, -0.25) is 0 Å². The number of carbonyl (C=O) groups is 1. The van der Waals surface area contributed by atoms with E-state index in [4.69, 9.17) is 11.6 Å². The molecule has 41 valence electrons. The molecule has 0 aliphatic rings. The molecule has 2 nitrogen and oxygen atoms in total. The molecule has 0 rings (SSSR count). The largest absolute Gasteiger partial charge is 0.359 e. The summed E-state index contributed by atoms with van der Waals surface area (Å²) in [7, 11) is 0. The topological polar surface area (TPSA) is 37.0 Å². The van der Waals surface area contributed by atoms with Gasteiger partial charge in [0.1, 0.15) is 0 Å². The van der Waals surface area contributed by atoms with Gasteiger partial charge in [-0.2, -0.15) is 0 Å². The van der Waals surface area contributed by atoms with E-state index in [9.17, 15) is 9.90 Å². The second-order valence-electron chi connectivity index (χ2n) is 1.37. The molecule has 0 N–H and O–H groups in total. The molecule has 1 atom stereocenters. The lowest BCUT2D eigenvalue weighted by molar-refractivity contribution is -0.146. The predicted molar refractivity (Wildman–Crippen MR) is 25.6 cm³/mol. The van der Waals surface area contributed by atoms with E-state index in [-0.39, 0.29) is 5.88 Å². The molecule has 0 bridgehead atoms. The third kappa shape index (κ3) is 2.45. The number of carbonyl (C=O) groups excluding carboxylic acids is 1. The van der Waals surface area contributed by atoms with Crippen LogP contribution >= 0.6 is 11.6 Å². The zero-order chi connectivity index (χ0) is 5.86. The molecule has 1 unspecified atom stereocenters. The molecule has 0 fully saturated rings. The van der Waals surface area contributed by atoms with Crippen LogP contribution < -0.4 is 0 Å². The van der Waals surface area contributed by atoms with Crippen molar-refractivity contribution in [1.82, 2.24) is 0 Å². The number of halogens is 1. The van der Waals surface area contributed by atoms with Gasteiger partial charge in [0.05, 0.1) is 5.92 Å². The summed E-state index contributed by atoms with van der Waals surface area (Å²) in [6.07, 6.45) is 0. The van der Waals surface area contributed by atoms with Gasteiger partial charge in [-0.15, -0.1) is 11.6 Å². The van der Waals surface area contributed by atoms with Gasteiger partial charge in [0, 0.05) is 5.88 Å². The second-order valence-corrected chi connectivity index (χ2v) is 1.68. The predicted octanol–water partition coefficient (Wildman–Crippen LogP) is 0.818. The van der Waals surface area contributed by atoms with Crippen LogP contribution in [0.3, 0.4) is 0 Å². The lowest BCUT2D eigenvalue weighted by Gasteiger charge is -1.91. The van der Waals surface area contributed by atoms with Crippen LogP contribution in [0.5, 0.6) is 0 Å². The highest BCUT2D eigenvalue weighted by molar-refractivity contribution is 6.19. The van der Waals surface area contributed by atoms with Crippen molar-refractivity contribution in [3.05, 3.63) is 0 Å². The molecule has 0 heterocycles. The third-order valence-electron chi connectivity index (χ3n) is 0.634. The fourth-order valence-corrected chi connectivity index (χ4v) is 0.189. The average Bonchev–Trinajstić information content (AvgIpc) is 1.65. The van der Waals surface area contributed by atoms with Gasteiger partial charge < -0.3 is 0 Å². The fraction of sp³-hybridized carbons (Fsp3) is 0.750. The first-order chi connectivity index (χ1) is 3.18. The van der Waals surface area contributed by atoms with Gasteiger partial charge in [0.2, 0.25) is 0 Å². The molecule has 0 saturated heterocycles. The fourth-order valence-electron chi connectivity index (χ4n) is 0.0630. The van der Waals surface area contributed by atoms with Gasteiger partial charge in [0.25, 0.3) is 0 Å². The average molecular weight is 122 g/mol. The Morgan fingerprint density at radius 2 is 2.29 bits per heavy atom. The first-order valence-corrected chi connectivity index (χ1v) is 2.48. The zero-order valence-corrected chi connectivity index (χ0v) is 4.73. The van der Waals surface area contributed by atoms with Crippen LogP contribution in [-0.4, -0.2) is 11.8 Å². The lowest BCUT2D eigenvalue weighted by Crippen LogP contribution is -2.08. The van der Waals surface area contributed by atoms with Gasteiger partial charge >= 0.3 is 5.97 Å². The summed E-state index contributed by atoms with van der Waals surface area (Å²) in [6.45, 7) is 1.50. The van der Waals surface area contributed by atoms with E-state index in [2.05, 4.69) is 0 Å². The molecule has 0 saturated carbocycles. The standard InChI is InChI=1S/C4H6ClO2/c1-3(2-5)4(6)7/h3H,2H2,1H3. The van der Waals surface area contributed by atoms with Crippen molar-refractivity contribution in [2.75, 3.05) is 5.88 Å². The quantitative estimate of drug-likeness (QED) is 0.499. The summed E-state index contributed by atoms with van der Waals surface area (Å²) < 4.78 is 0. The van der Waals surface area contributed by atoms with Crippen LogP contribution in [0.15, 0.2) is 0 Å². The summed E-state index contributed by atoms with van der Waals surface area (Å²) in [6, 6.07) is 0. The van der Waals surface area contributed by atoms with Crippen molar-refractivity contribution >= 4 is 17.6 Å². The summed E-state index contributed by atoms with van der Waals surface area (Å²) in [5, 5.41) is 9.73. The van der Waals surface area contributed by atoms with Crippen LogP contribution in [0.4, 0.5) is 0 Å². The molecule has 0 aromatic rings. The van der Waals surface area contributed by atoms with Crippen LogP contribution in [0.2, 0.25) is 0 Å². The van der Waals surface area contributed by atoms with E-state index >= 15 is 0 Å². The van der Waals surface area contributed by atoms with Crippen LogP contribution in [0, 0.1) is 5.92 Å². The summed E-state index contributed by atoms with van der Waals surface area (Å²) in [5.74, 6) is -1.49. The maximum Gasteiger partial charge on any atom is 0.359 e. The molecule has 0 aromatic heterocycles. The molecule has 0 aromatic carbocycles. The minimum absolute atomic E-state index is 0.127. The Morgan fingerprint density at radius 3 is 2.29 bits per heavy atom. The number of hydrogen-bond donors (Lipinski definition) is 0. The zero-order valence-electron chi connectivity index (χ0n) is 3.98. The monoisotopic (exact) mass is 121 g/mol. The SMILES string of the molecule is CC(CCl)C([O])=O. The van der Waals surface area contributed by atoms with Crippen molar-refractivity contribution in [1.29, 1.82) is 0 Å². The van der Waals surface area contributed by atoms with Crippen molar-refractivity contribution in [2.24, 2.45) is 5.92 Å². The first kappa shape index (κ1) is 6.76. The molecule has 3 heteroatoms. The van der Waals surface area contributed by atoms with Crippen molar-refractivity contribution in [3.8, 4) is 0 Å².